The first kappa shape index (κ1) is 59.0. The summed E-state index contributed by atoms with van der Waals surface area (Å²) in [6.07, 6.45) is 3.83. The molecular formula is C78H69N7. The minimum absolute atomic E-state index is 0.715. The lowest BCUT2D eigenvalue weighted by atomic mass is 10.0. The SMILES string of the molecule is Cc1cc(-c2ccccc2)nc(-c2ccccc2)c1.Cc1cccc(-c2cccc(-c3ccccc3)n2)c1.Cc1cccc(-c2cccc(C)n2)c1.Cc1cncc(-c2ccccc2)c1C.Cc1nc(-c2ccccc2)nc(-c2ccccc2)n1. The summed E-state index contributed by atoms with van der Waals surface area (Å²) in [7, 11) is 0. The number of nitrogens with zero attached hydrogens (tertiary/aromatic N) is 7. The van der Waals surface area contributed by atoms with Crippen molar-refractivity contribution >= 4 is 0 Å². The van der Waals surface area contributed by atoms with Crippen LogP contribution in [0.1, 0.15) is 39.3 Å². The van der Waals surface area contributed by atoms with Gasteiger partial charge in [-0.15, -0.1) is 0 Å². The van der Waals surface area contributed by atoms with Crippen LogP contribution in [0.5, 0.6) is 0 Å². The van der Waals surface area contributed by atoms with Crippen LogP contribution in [0, 0.1) is 48.5 Å². The molecule has 7 nitrogen and oxygen atoms in total. The number of aromatic nitrogens is 7. The second-order valence-electron chi connectivity index (χ2n) is 20.6. The molecule has 0 saturated carbocycles. The standard InChI is InChI=1S/2C18H15N.C16H13N3.2C13H13N/c1-14-12-17(15-8-4-2-5-9-15)19-18(13-14)16-10-6-3-7-11-16;1-14-7-5-10-16(13-14)18-12-6-11-17(19-18)15-8-3-2-4-9-15;1-12-17-15(13-8-4-2-5-9-13)19-16(18-12)14-10-6-3-7-11-14;1-10-5-3-7-12(9-10)13-8-4-6-11(2)14-13;1-10-8-14-9-13(11(10)2)12-6-4-3-5-7-12/h2*2-13H,1H3;2-11H,1H3;2*3-9H,1-2H3. The van der Waals surface area contributed by atoms with Crippen molar-refractivity contribution in [2.45, 2.75) is 48.5 Å². The molecular weight excluding hydrogens is 1030 g/mol. The second kappa shape index (κ2) is 29.9. The molecule has 0 bridgehead atoms. The van der Waals surface area contributed by atoms with Gasteiger partial charge in [0.15, 0.2) is 11.6 Å². The third-order valence-corrected chi connectivity index (χ3v) is 13.8. The Hall–Kier alpha value is -10.6. The van der Waals surface area contributed by atoms with E-state index in [1.54, 1.807) is 0 Å². The fraction of sp³-hybridized carbons (Fsp3) is 0.0897. The topological polar surface area (TPSA) is 90.2 Å². The Morgan fingerprint density at radius 1 is 0.235 bits per heavy atom. The molecule has 0 spiro atoms. The molecule has 0 amide bonds. The normalized spacial score (nSPS) is 10.3. The molecule has 5 heterocycles. The van der Waals surface area contributed by atoms with Gasteiger partial charge in [0, 0.05) is 62.6 Å². The predicted octanol–water partition coefficient (Wildman–Crippen LogP) is 19.7. The van der Waals surface area contributed by atoms with Gasteiger partial charge in [0.1, 0.15) is 5.82 Å². The van der Waals surface area contributed by atoms with E-state index in [2.05, 4.69) is 199 Å². The van der Waals surface area contributed by atoms with Gasteiger partial charge in [-0.1, -0.05) is 242 Å². The van der Waals surface area contributed by atoms with Gasteiger partial charge < -0.3 is 0 Å². The molecule has 13 rings (SSSR count). The molecule has 0 aliphatic carbocycles. The van der Waals surface area contributed by atoms with E-state index in [0.717, 1.165) is 73.4 Å². The highest BCUT2D eigenvalue weighted by molar-refractivity contribution is 5.70. The van der Waals surface area contributed by atoms with Gasteiger partial charge in [0.25, 0.3) is 0 Å². The molecule has 0 atom stereocenters. The maximum Gasteiger partial charge on any atom is 0.163 e. The summed E-state index contributed by atoms with van der Waals surface area (Å²) in [4.78, 5) is 31.6. The van der Waals surface area contributed by atoms with Crippen LogP contribution in [-0.2, 0) is 0 Å². The number of rotatable bonds is 8. The smallest absolute Gasteiger partial charge is 0.163 e. The minimum Gasteiger partial charge on any atom is -0.264 e. The zero-order valence-electron chi connectivity index (χ0n) is 49.3. The van der Waals surface area contributed by atoms with E-state index in [1.165, 1.54) is 44.5 Å². The van der Waals surface area contributed by atoms with Crippen LogP contribution in [0.25, 0.3) is 90.2 Å². The lowest BCUT2D eigenvalue weighted by Gasteiger charge is -2.07. The third-order valence-electron chi connectivity index (χ3n) is 13.8. The third kappa shape index (κ3) is 17.2. The largest absolute Gasteiger partial charge is 0.264 e. The Labute approximate surface area is 501 Å². The Morgan fingerprint density at radius 3 is 1.02 bits per heavy atom. The van der Waals surface area contributed by atoms with Gasteiger partial charge >= 0.3 is 0 Å². The van der Waals surface area contributed by atoms with E-state index in [1.807, 2.05) is 166 Å². The van der Waals surface area contributed by atoms with E-state index >= 15 is 0 Å². The van der Waals surface area contributed by atoms with Crippen LogP contribution in [0.3, 0.4) is 0 Å². The summed E-state index contributed by atoms with van der Waals surface area (Å²) in [5.74, 6) is 2.16. The number of hydrogen-bond donors (Lipinski definition) is 0. The number of hydrogen-bond acceptors (Lipinski definition) is 7. The minimum atomic E-state index is 0.715. The number of pyridine rings is 4. The van der Waals surface area contributed by atoms with Crippen LogP contribution >= 0.6 is 0 Å². The van der Waals surface area contributed by atoms with E-state index in [-0.39, 0.29) is 0 Å². The van der Waals surface area contributed by atoms with Crippen LogP contribution in [-0.4, -0.2) is 34.9 Å². The van der Waals surface area contributed by atoms with Crippen LogP contribution < -0.4 is 0 Å². The van der Waals surface area contributed by atoms with Crippen molar-refractivity contribution < 1.29 is 0 Å². The summed E-state index contributed by atoms with van der Waals surface area (Å²) in [5.41, 5.74) is 22.8. The Kier molecular flexibility index (Phi) is 20.8. The first-order valence-corrected chi connectivity index (χ1v) is 28.5. The molecule has 0 aliphatic rings. The Bertz CT molecular complexity index is 3890. The van der Waals surface area contributed by atoms with Gasteiger partial charge in [-0.2, -0.15) is 0 Å². The maximum atomic E-state index is 4.77. The first-order valence-electron chi connectivity index (χ1n) is 28.5. The first-order chi connectivity index (χ1) is 41.5. The molecule has 416 valence electrons. The van der Waals surface area contributed by atoms with Crippen molar-refractivity contribution in [2.75, 3.05) is 0 Å². The molecule has 0 saturated heterocycles. The van der Waals surface area contributed by atoms with Gasteiger partial charge in [-0.05, 0) is 119 Å². The maximum absolute atomic E-state index is 4.77. The van der Waals surface area contributed by atoms with E-state index in [0.29, 0.717) is 11.6 Å². The van der Waals surface area contributed by atoms with Crippen molar-refractivity contribution in [3.05, 3.63) is 331 Å². The molecule has 13 aromatic rings. The molecule has 85 heavy (non-hydrogen) atoms. The molecule has 0 unspecified atom stereocenters. The average molecular weight is 1100 g/mol. The number of aryl methyl sites for hydroxylation is 6. The lowest BCUT2D eigenvalue weighted by Crippen LogP contribution is -1.99. The zero-order chi connectivity index (χ0) is 59.2. The van der Waals surface area contributed by atoms with E-state index in [4.69, 9.17) is 9.97 Å². The highest BCUT2D eigenvalue weighted by Gasteiger charge is 2.09. The van der Waals surface area contributed by atoms with Crippen molar-refractivity contribution in [1.82, 2.24) is 34.9 Å². The van der Waals surface area contributed by atoms with Gasteiger partial charge in [0.2, 0.25) is 0 Å². The molecule has 7 heteroatoms. The van der Waals surface area contributed by atoms with Crippen LogP contribution in [0.15, 0.2) is 291 Å². The van der Waals surface area contributed by atoms with Crippen LogP contribution in [0.4, 0.5) is 0 Å². The van der Waals surface area contributed by atoms with Crippen molar-refractivity contribution in [3.63, 3.8) is 0 Å². The molecule has 0 N–H and O–H groups in total. The summed E-state index contributed by atoms with van der Waals surface area (Å²) >= 11 is 0. The van der Waals surface area contributed by atoms with Gasteiger partial charge in [-0.25, -0.2) is 24.9 Å². The molecule has 8 aromatic carbocycles. The molecule has 0 aliphatic heterocycles. The van der Waals surface area contributed by atoms with Gasteiger partial charge in [0.05, 0.1) is 28.5 Å². The highest BCUT2D eigenvalue weighted by atomic mass is 15.0. The fourth-order valence-electron chi connectivity index (χ4n) is 9.31. The second-order valence-corrected chi connectivity index (χ2v) is 20.6. The van der Waals surface area contributed by atoms with Gasteiger partial charge in [-0.3, -0.25) is 9.97 Å². The monoisotopic (exact) mass is 1100 g/mol. The predicted molar refractivity (Wildman–Crippen MR) is 353 cm³/mol. The zero-order valence-corrected chi connectivity index (χ0v) is 49.3. The van der Waals surface area contributed by atoms with Crippen molar-refractivity contribution in [2.24, 2.45) is 0 Å². The Balaban J connectivity index is 0.000000128. The average Bonchev–Trinajstić information content (AvgIpc) is 3.74. The Morgan fingerprint density at radius 2 is 0.588 bits per heavy atom. The lowest BCUT2D eigenvalue weighted by molar-refractivity contribution is 0.992. The fourth-order valence-corrected chi connectivity index (χ4v) is 9.31. The van der Waals surface area contributed by atoms with Crippen LogP contribution in [0.2, 0.25) is 0 Å². The number of benzene rings is 8. The summed E-state index contributed by atoms with van der Waals surface area (Å²) < 4.78 is 0. The summed E-state index contributed by atoms with van der Waals surface area (Å²) in [6, 6.07) is 94.5. The molecule has 0 fully saturated rings. The highest BCUT2D eigenvalue weighted by Crippen LogP contribution is 2.27. The van der Waals surface area contributed by atoms with Crippen molar-refractivity contribution in [1.29, 1.82) is 0 Å². The quantitative estimate of drug-likeness (QED) is 0.150. The summed E-state index contributed by atoms with van der Waals surface area (Å²) in [5, 5.41) is 0. The van der Waals surface area contributed by atoms with Crippen molar-refractivity contribution in [3.8, 4) is 90.2 Å². The van der Waals surface area contributed by atoms with E-state index in [9.17, 15) is 0 Å². The molecule has 5 aromatic heterocycles. The molecule has 0 radical (unpaired) electrons. The van der Waals surface area contributed by atoms with E-state index < -0.39 is 0 Å². The summed E-state index contributed by atoms with van der Waals surface area (Å²) in [6.45, 7) is 14.4.